The fourth-order valence-corrected chi connectivity index (χ4v) is 8.89. The third kappa shape index (κ3) is 8.71. The molecule has 5 rings (SSSR count). The Hall–Kier alpha value is -3.93. The number of anilines is 1. The first-order valence-corrected chi connectivity index (χ1v) is 17.9. The number of hydrogen-bond acceptors (Lipinski definition) is 7. The van der Waals surface area contributed by atoms with Crippen LogP contribution in [-0.2, 0) is 20.8 Å². The number of nitrogens with one attached hydrogen (secondary N) is 4. The number of nitrogens with zero attached hydrogens (tertiary/aromatic N) is 2. The van der Waals surface area contributed by atoms with Gasteiger partial charge in [-0.1, -0.05) is 49.9 Å². The molecule has 12 heteroatoms. The average Bonchev–Trinajstić information content (AvgIpc) is 3.68. The van der Waals surface area contributed by atoms with E-state index >= 15 is 0 Å². The monoisotopic (exact) mass is 661 g/mol. The Morgan fingerprint density at radius 2 is 1.89 bits per heavy atom. The lowest BCUT2D eigenvalue weighted by Gasteiger charge is -2.29. The van der Waals surface area contributed by atoms with Crippen molar-refractivity contribution in [3.8, 4) is 0 Å². The molecule has 0 saturated carbocycles. The molecule has 3 aliphatic heterocycles. The van der Waals surface area contributed by atoms with Gasteiger partial charge in [-0.3, -0.25) is 14.4 Å². The van der Waals surface area contributed by atoms with Crippen LogP contribution in [0.15, 0.2) is 53.6 Å². The van der Waals surface area contributed by atoms with Gasteiger partial charge in [-0.2, -0.15) is 16.9 Å². The Balaban J connectivity index is 0.952. The van der Waals surface area contributed by atoms with Crippen molar-refractivity contribution < 1.29 is 19.2 Å². The van der Waals surface area contributed by atoms with Crippen LogP contribution in [-0.4, -0.2) is 63.8 Å². The first kappa shape index (κ1) is 34.4. The van der Waals surface area contributed by atoms with Gasteiger partial charge in [0.15, 0.2) is 0 Å². The van der Waals surface area contributed by atoms with Crippen LogP contribution < -0.4 is 21.7 Å². The molecule has 6 N–H and O–H groups in total. The summed E-state index contributed by atoms with van der Waals surface area (Å²) in [5.41, 5.74) is 16.3. The Labute approximate surface area is 281 Å². The molecule has 2 unspecified atom stereocenters. The lowest BCUT2D eigenvalue weighted by atomic mass is 9.88. The molecule has 3 heterocycles. The number of likely N-dealkylation sites (tertiary alicyclic amines) is 1. The standard InChI is InChI=1S/C35H47N7O4S/c1-35-29(39-34(46)40-35)22-47-30(35)13-6-7-14-31(43)38-26-17-15-23(16-18-26)9-4-2-3-5-12-28(33(36)45)42-21-25(20-32(42)44)24-10-8-11-27(19-24)41-37/h8,10-11,15-19,25,28-30,37H,2-7,9,12-14,20-22H2,1H3,(H2,36,45)(H,38,43)(H2,39,40,46)/t25?,28?,29-,30-,35-/m0/s1. The first-order valence-electron chi connectivity index (χ1n) is 16.8. The van der Waals surface area contributed by atoms with E-state index in [4.69, 9.17) is 11.3 Å². The minimum atomic E-state index is -0.601. The van der Waals surface area contributed by atoms with Crippen LogP contribution >= 0.6 is 11.8 Å². The van der Waals surface area contributed by atoms with Crippen LogP contribution in [0, 0.1) is 5.53 Å². The van der Waals surface area contributed by atoms with Gasteiger partial charge in [0.2, 0.25) is 17.7 Å². The third-order valence-electron chi connectivity index (χ3n) is 9.93. The number of carbonyl (C=O) groups is 4. The molecule has 47 heavy (non-hydrogen) atoms. The highest BCUT2D eigenvalue weighted by molar-refractivity contribution is 8.00. The molecule has 3 fully saturated rings. The van der Waals surface area contributed by atoms with E-state index in [1.54, 1.807) is 11.0 Å². The SMILES string of the molecule is C[C@]12NC(=O)N[C@H]1CS[C@H]2CCCCC(=O)Nc1ccc(CCCCCCC(C(N)=O)N2CC(c3cccc(N=N)c3)CC2=O)cc1. The number of amides is 5. The van der Waals surface area contributed by atoms with Gasteiger partial charge in [0.05, 0.1) is 17.3 Å². The summed E-state index contributed by atoms with van der Waals surface area (Å²) in [5, 5.41) is 13.0. The molecule has 0 bridgehead atoms. The summed E-state index contributed by atoms with van der Waals surface area (Å²) in [6, 6.07) is 14.9. The van der Waals surface area contributed by atoms with Crippen molar-refractivity contribution >= 4 is 46.9 Å². The van der Waals surface area contributed by atoms with Gasteiger partial charge in [0.25, 0.3) is 0 Å². The zero-order valence-electron chi connectivity index (χ0n) is 27.1. The Bertz CT molecular complexity index is 1450. The van der Waals surface area contributed by atoms with Crippen molar-refractivity contribution in [3.05, 3.63) is 59.7 Å². The summed E-state index contributed by atoms with van der Waals surface area (Å²) < 4.78 is 0. The molecule has 0 radical (unpaired) electrons. The van der Waals surface area contributed by atoms with Crippen LogP contribution in [0.25, 0.3) is 0 Å². The number of unbranched alkanes of at least 4 members (excludes halogenated alkanes) is 4. The lowest BCUT2D eigenvalue weighted by molar-refractivity contribution is -0.136. The van der Waals surface area contributed by atoms with E-state index < -0.39 is 11.9 Å². The van der Waals surface area contributed by atoms with E-state index in [1.807, 2.05) is 42.1 Å². The Kier molecular flexibility index (Phi) is 11.5. The van der Waals surface area contributed by atoms with Gasteiger partial charge in [-0.15, -0.1) is 0 Å². The van der Waals surface area contributed by atoms with E-state index in [9.17, 15) is 19.2 Å². The number of rotatable bonds is 17. The van der Waals surface area contributed by atoms with E-state index in [0.29, 0.717) is 36.7 Å². The second-order valence-electron chi connectivity index (χ2n) is 13.3. The summed E-state index contributed by atoms with van der Waals surface area (Å²) in [6.45, 7) is 2.57. The van der Waals surface area contributed by atoms with Gasteiger partial charge in [0.1, 0.15) is 6.04 Å². The predicted molar refractivity (Wildman–Crippen MR) is 184 cm³/mol. The molecule has 3 aliphatic rings. The van der Waals surface area contributed by atoms with E-state index in [-0.39, 0.29) is 35.3 Å². The van der Waals surface area contributed by atoms with E-state index in [2.05, 4.69) is 40.1 Å². The highest BCUT2D eigenvalue weighted by Crippen LogP contribution is 2.41. The third-order valence-corrected chi connectivity index (χ3v) is 11.6. The molecular formula is C35H47N7O4S. The van der Waals surface area contributed by atoms with Gasteiger partial charge < -0.3 is 26.6 Å². The molecule has 11 nitrogen and oxygen atoms in total. The Morgan fingerprint density at radius 3 is 2.66 bits per heavy atom. The number of nitrogens with two attached hydrogens (primary N) is 1. The highest BCUT2D eigenvalue weighted by atomic mass is 32.2. The first-order chi connectivity index (χ1) is 22.7. The number of urea groups is 1. The minimum Gasteiger partial charge on any atom is -0.368 e. The van der Waals surface area contributed by atoms with Crippen LogP contribution in [0.3, 0.4) is 0 Å². The smallest absolute Gasteiger partial charge is 0.315 e. The number of carbonyl (C=O) groups excluding carboxylic acids is 4. The molecule has 0 aliphatic carbocycles. The van der Waals surface area contributed by atoms with Gasteiger partial charge in [0, 0.05) is 42.0 Å². The summed E-state index contributed by atoms with van der Waals surface area (Å²) in [7, 11) is 0. The molecule has 5 amide bonds. The molecule has 252 valence electrons. The van der Waals surface area contributed by atoms with E-state index in [0.717, 1.165) is 68.4 Å². The maximum atomic E-state index is 12.8. The minimum absolute atomic E-state index is 0.0199. The zero-order chi connectivity index (χ0) is 33.4. The molecule has 2 aromatic carbocycles. The van der Waals surface area contributed by atoms with Crippen molar-refractivity contribution in [2.24, 2.45) is 10.8 Å². The van der Waals surface area contributed by atoms with E-state index in [1.165, 1.54) is 5.56 Å². The summed E-state index contributed by atoms with van der Waals surface area (Å²) >= 11 is 1.90. The van der Waals surface area contributed by atoms with Crippen LogP contribution in [0.4, 0.5) is 16.2 Å². The molecular weight excluding hydrogens is 614 g/mol. The number of benzene rings is 2. The van der Waals surface area contributed by atoms with Crippen molar-refractivity contribution in [3.63, 3.8) is 0 Å². The van der Waals surface area contributed by atoms with Crippen molar-refractivity contribution in [1.82, 2.24) is 15.5 Å². The largest absolute Gasteiger partial charge is 0.368 e. The van der Waals surface area contributed by atoms with Crippen LogP contribution in [0.1, 0.15) is 88.2 Å². The second kappa shape index (κ2) is 15.8. The Morgan fingerprint density at radius 1 is 1.11 bits per heavy atom. The number of thioether (sulfide) groups is 1. The average molecular weight is 662 g/mol. The highest BCUT2D eigenvalue weighted by Gasteiger charge is 2.52. The number of primary amides is 1. The number of aryl methyl sites for hydroxylation is 1. The van der Waals surface area contributed by atoms with Crippen molar-refractivity contribution in [2.45, 2.75) is 106 Å². The topological polar surface area (TPSA) is 170 Å². The fraction of sp³-hybridized carbons (Fsp3) is 0.543. The van der Waals surface area contributed by atoms with Crippen molar-refractivity contribution in [2.75, 3.05) is 17.6 Å². The predicted octanol–water partition coefficient (Wildman–Crippen LogP) is 5.77. The molecule has 5 atom stereocenters. The maximum Gasteiger partial charge on any atom is 0.315 e. The van der Waals surface area contributed by atoms with Crippen molar-refractivity contribution in [1.29, 1.82) is 5.53 Å². The summed E-state index contributed by atoms with van der Waals surface area (Å²) in [6.07, 6.45) is 8.80. The normalized spacial score (nSPS) is 24.0. The molecule has 0 spiro atoms. The summed E-state index contributed by atoms with van der Waals surface area (Å²) in [4.78, 5) is 51.0. The fourth-order valence-electron chi connectivity index (χ4n) is 7.13. The summed E-state index contributed by atoms with van der Waals surface area (Å²) in [5.74, 6) is 0.392. The van der Waals surface area contributed by atoms with Gasteiger partial charge >= 0.3 is 6.03 Å². The van der Waals surface area contributed by atoms with Crippen LogP contribution in [0.5, 0.6) is 0 Å². The quantitative estimate of drug-likeness (QED) is 0.0823. The maximum absolute atomic E-state index is 12.8. The lowest BCUT2D eigenvalue weighted by Crippen LogP contribution is -2.50. The zero-order valence-corrected chi connectivity index (χ0v) is 28.0. The van der Waals surface area contributed by atoms with Gasteiger partial charge in [-0.25, -0.2) is 10.3 Å². The molecule has 2 aromatic rings. The molecule has 3 saturated heterocycles. The number of fused-ring (bicyclic) bond motifs is 1. The second-order valence-corrected chi connectivity index (χ2v) is 14.5. The number of hydrogen-bond donors (Lipinski definition) is 5. The molecule has 0 aromatic heterocycles. The van der Waals surface area contributed by atoms with Crippen LogP contribution in [0.2, 0.25) is 0 Å². The van der Waals surface area contributed by atoms with Gasteiger partial charge in [-0.05, 0) is 74.4 Å².